The number of rotatable bonds is 8. The Balaban J connectivity index is 1.92. The fraction of sp³-hybridized carbons (Fsp3) is 0.364. The van der Waals surface area contributed by atoms with Crippen LogP contribution in [0.1, 0.15) is 37.6 Å². The Bertz CT molecular complexity index is 825. The van der Waals surface area contributed by atoms with E-state index in [2.05, 4.69) is 5.32 Å². The van der Waals surface area contributed by atoms with Crippen molar-refractivity contribution >= 4 is 29.1 Å². The molecule has 28 heavy (non-hydrogen) atoms. The molecule has 1 amide bonds. The molecule has 0 unspecified atom stereocenters. The van der Waals surface area contributed by atoms with Crippen LogP contribution in [0.4, 0.5) is 5.69 Å². The molecule has 1 N–H and O–H groups in total. The maximum absolute atomic E-state index is 12.5. The zero-order valence-corrected chi connectivity index (χ0v) is 17.8. The Kier molecular flexibility index (Phi) is 7.52. The van der Waals surface area contributed by atoms with E-state index in [1.165, 1.54) is 11.8 Å². The quantitative estimate of drug-likeness (QED) is 0.495. The van der Waals surface area contributed by atoms with Crippen LogP contribution in [0.2, 0.25) is 0 Å². The Labute approximate surface area is 170 Å². The molecule has 0 aliphatic heterocycles. The molecule has 0 saturated heterocycles. The molecule has 0 spiro atoms. The normalized spacial score (nSPS) is 11.0. The number of hydrogen-bond donors (Lipinski definition) is 1. The number of anilines is 1. The highest BCUT2D eigenvalue weighted by Gasteiger charge is 2.16. The minimum atomic E-state index is -0.0512. The molecule has 0 bridgehead atoms. The van der Waals surface area contributed by atoms with Crippen molar-refractivity contribution in [3.63, 3.8) is 0 Å². The van der Waals surface area contributed by atoms with E-state index in [4.69, 9.17) is 9.47 Å². The average Bonchev–Trinajstić information content (AvgIpc) is 2.65. The molecule has 0 atom stereocenters. The fourth-order valence-electron chi connectivity index (χ4n) is 2.56. The van der Waals surface area contributed by atoms with Crippen LogP contribution in [0.5, 0.6) is 11.5 Å². The SMILES string of the molecule is COc1ccc(C(=O)CSc2ccc(NC(=O)CC(C)(C)C)cc2)cc1OC. The summed E-state index contributed by atoms with van der Waals surface area (Å²) >= 11 is 1.45. The number of hydrogen-bond acceptors (Lipinski definition) is 5. The molecule has 2 rings (SSSR count). The second-order valence-electron chi connectivity index (χ2n) is 7.59. The van der Waals surface area contributed by atoms with Crippen LogP contribution >= 0.6 is 11.8 Å². The molecule has 0 saturated carbocycles. The van der Waals surface area contributed by atoms with Crippen LogP contribution in [-0.4, -0.2) is 31.7 Å². The predicted octanol–water partition coefficient (Wildman–Crippen LogP) is 5.05. The number of amides is 1. The van der Waals surface area contributed by atoms with Gasteiger partial charge in [-0.1, -0.05) is 20.8 Å². The van der Waals surface area contributed by atoms with E-state index in [1.807, 2.05) is 45.0 Å². The van der Waals surface area contributed by atoms with Crippen molar-refractivity contribution in [2.75, 3.05) is 25.3 Å². The molecule has 0 aliphatic rings. The highest BCUT2D eigenvalue weighted by atomic mass is 32.2. The lowest BCUT2D eigenvalue weighted by Gasteiger charge is -2.17. The lowest BCUT2D eigenvalue weighted by molar-refractivity contribution is -0.117. The van der Waals surface area contributed by atoms with E-state index in [0.29, 0.717) is 29.2 Å². The van der Waals surface area contributed by atoms with Gasteiger partial charge in [0.05, 0.1) is 20.0 Å². The van der Waals surface area contributed by atoms with Gasteiger partial charge >= 0.3 is 0 Å². The van der Waals surface area contributed by atoms with E-state index in [-0.39, 0.29) is 17.1 Å². The zero-order valence-electron chi connectivity index (χ0n) is 17.0. The van der Waals surface area contributed by atoms with Crippen molar-refractivity contribution in [1.29, 1.82) is 0 Å². The first-order chi connectivity index (χ1) is 13.2. The van der Waals surface area contributed by atoms with Crippen LogP contribution < -0.4 is 14.8 Å². The summed E-state index contributed by atoms with van der Waals surface area (Å²) in [5.41, 5.74) is 1.28. The number of nitrogens with one attached hydrogen (secondary N) is 1. The van der Waals surface area contributed by atoms with Gasteiger partial charge in [0.2, 0.25) is 5.91 Å². The lowest BCUT2D eigenvalue weighted by Crippen LogP contribution is -2.19. The first kappa shape index (κ1) is 21.8. The number of thioether (sulfide) groups is 1. The van der Waals surface area contributed by atoms with Crippen LogP contribution in [0.3, 0.4) is 0 Å². The minimum absolute atomic E-state index is 0.00321. The Morgan fingerprint density at radius 1 is 0.964 bits per heavy atom. The van der Waals surface area contributed by atoms with Crippen molar-refractivity contribution < 1.29 is 19.1 Å². The number of ether oxygens (including phenoxy) is 2. The van der Waals surface area contributed by atoms with Gasteiger partial charge in [-0.15, -0.1) is 11.8 Å². The molecule has 0 aromatic heterocycles. The fourth-order valence-corrected chi connectivity index (χ4v) is 3.36. The standard InChI is InChI=1S/C22H27NO4S/c1-22(2,3)13-21(25)23-16-7-9-17(10-8-16)28-14-18(24)15-6-11-19(26-4)20(12-15)27-5/h6-12H,13-14H2,1-5H3,(H,23,25). The second-order valence-corrected chi connectivity index (χ2v) is 8.64. The van der Waals surface area contributed by atoms with Gasteiger partial charge in [-0.25, -0.2) is 0 Å². The van der Waals surface area contributed by atoms with Gasteiger partial charge in [0.1, 0.15) is 0 Å². The highest BCUT2D eigenvalue weighted by molar-refractivity contribution is 8.00. The molecule has 150 valence electrons. The number of benzene rings is 2. The Hall–Kier alpha value is -2.47. The van der Waals surface area contributed by atoms with Gasteiger partial charge in [-0.05, 0) is 47.9 Å². The largest absolute Gasteiger partial charge is 0.493 e. The summed E-state index contributed by atoms with van der Waals surface area (Å²) in [6.07, 6.45) is 0.462. The van der Waals surface area contributed by atoms with E-state index >= 15 is 0 Å². The Morgan fingerprint density at radius 2 is 1.61 bits per heavy atom. The van der Waals surface area contributed by atoms with Gasteiger partial charge in [0.25, 0.3) is 0 Å². The summed E-state index contributed by atoms with van der Waals surface area (Å²) in [6.45, 7) is 6.09. The summed E-state index contributed by atoms with van der Waals surface area (Å²) in [6, 6.07) is 12.7. The zero-order chi connectivity index (χ0) is 20.7. The van der Waals surface area contributed by atoms with Gasteiger partial charge in [0.15, 0.2) is 17.3 Å². The minimum Gasteiger partial charge on any atom is -0.493 e. The third kappa shape index (κ3) is 6.60. The molecule has 0 radical (unpaired) electrons. The molecule has 6 heteroatoms. The van der Waals surface area contributed by atoms with Crippen LogP contribution in [0.15, 0.2) is 47.4 Å². The second kappa shape index (κ2) is 9.64. The summed E-state index contributed by atoms with van der Waals surface area (Å²) in [5.74, 6) is 1.44. The van der Waals surface area contributed by atoms with Gasteiger partial charge in [-0.2, -0.15) is 0 Å². The number of methoxy groups -OCH3 is 2. The maximum Gasteiger partial charge on any atom is 0.224 e. The van der Waals surface area contributed by atoms with Gasteiger partial charge in [0, 0.05) is 22.6 Å². The van der Waals surface area contributed by atoms with Crippen LogP contribution in [0.25, 0.3) is 0 Å². The summed E-state index contributed by atoms with van der Waals surface area (Å²) < 4.78 is 10.4. The third-order valence-electron chi connectivity index (χ3n) is 3.90. The first-order valence-electron chi connectivity index (χ1n) is 9.00. The number of carbonyl (C=O) groups is 2. The van der Waals surface area contributed by atoms with E-state index in [0.717, 1.165) is 10.6 Å². The first-order valence-corrected chi connectivity index (χ1v) is 9.98. The van der Waals surface area contributed by atoms with Gasteiger partial charge in [-0.3, -0.25) is 9.59 Å². The molecule has 0 fully saturated rings. The van der Waals surface area contributed by atoms with Crippen LogP contribution in [-0.2, 0) is 4.79 Å². The number of ketones is 1. The Morgan fingerprint density at radius 3 is 2.18 bits per heavy atom. The van der Waals surface area contributed by atoms with E-state index in [9.17, 15) is 9.59 Å². The topological polar surface area (TPSA) is 64.6 Å². The van der Waals surface area contributed by atoms with Crippen molar-refractivity contribution in [3.8, 4) is 11.5 Å². The maximum atomic E-state index is 12.5. The molecule has 0 aliphatic carbocycles. The van der Waals surface area contributed by atoms with E-state index < -0.39 is 0 Å². The molecular formula is C22H27NO4S. The molecule has 2 aromatic rings. The third-order valence-corrected chi connectivity index (χ3v) is 4.92. The summed E-state index contributed by atoms with van der Waals surface area (Å²) in [7, 11) is 3.10. The van der Waals surface area contributed by atoms with Crippen molar-refractivity contribution in [2.24, 2.45) is 5.41 Å². The van der Waals surface area contributed by atoms with Gasteiger partial charge < -0.3 is 14.8 Å². The van der Waals surface area contributed by atoms with Crippen molar-refractivity contribution in [1.82, 2.24) is 0 Å². The molecule has 5 nitrogen and oxygen atoms in total. The van der Waals surface area contributed by atoms with Crippen LogP contribution in [0, 0.1) is 5.41 Å². The smallest absolute Gasteiger partial charge is 0.224 e. The average molecular weight is 402 g/mol. The number of carbonyl (C=O) groups excluding carboxylic acids is 2. The summed E-state index contributed by atoms with van der Waals surface area (Å²) in [5, 5.41) is 2.90. The van der Waals surface area contributed by atoms with E-state index in [1.54, 1.807) is 32.4 Å². The van der Waals surface area contributed by atoms with Crippen molar-refractivity contribution in [3.05, 3.63) is 48.0 Å². The van der Waals surface area contributed by atoms with Crippen molar-refractivity contribution in [2.45, 2.75) is 32.1 Å². The monoisotopic (exact) mass is 401 g/mol. The highest BCUT2D eigenvalue weighted by Crippen LogP contribution is 2.29. The lowest BCUT2D eigenvalue weighted by atomic mass is 9.92. The number of Topliss-reactive ketones (excluding diaryl/α,β-unsaturated/α-hetero) is 1. The predicted molar refractivity (Wildman–Crippen MR) is 114 cm³/mol. The molecule has 0 heterocycles. The molecule has 2 aromatic carbocycles. The molecular weight excluding hydrogens is 374 g/mol. The summed E-state index contributed by atoms with van der Waals surface area (Å²) in [4.78, 5) is 25.4.